The first-order valence-electron chi connectivity index (χ1n) is 6.99. The van der Waals surface area contributed by atoms with Crippen LogP contribution in [-0.2, 0) is 16.0 Å². The van der Waals surface area contributed by atoms with Crippen LogP contribution in [0, 0.1) is 5.92 Å². The Morgan fingerprint density at radius 1 is 1.25 bits per heavy atom. The summed E-state index contributed by atoms with van der Waals surface area (Å²) >= 11 is 0. The van der Waals surface area contributed by atoms with Gasteiger partial charge in [-0.25, -0.2) is 9.69 Å². The molecule has 0 bridgehead atoms. The molecule has 1 heterocycles. The molecule has 0 spiro atoms. The first-order chi connectivity index (χ1) is 9.37. The standard InChI is InChI=1S/C16H19NO3/c1-16(2,3)20-15(19)17-13(18)9-11-8-10-6-4-5-7-12(10)14(11)17/h4-7,11,14H,8-9H2,1-3H3. The highest BCUT2D eigenvalue weighted by Gasteiger charge is 2.49. The van der Waals surface area contributed by atoms with Gasteiger partial charge in [-0.05, 0) is 44.2 Å². The number of nitrogens with zero attached hydrogens (tertiary/aromatic N) is 1. The van der Waals surface area contributed by atoms with Gasteiger partial charge in [0.1, 0.15) is 5.60 Å². The Morgan fingerprint density at radius 3 is 2.65 bits per heavy atom. The summed E-state index contributed by atoms with van der Waals surface area (Å²) in [6, 6.07) is 7.89. The van der Waals surface area contributed by atoms with Gasteiger partial charge < -0.3 is 4.74 Å². The lowest BCUT2D eigenvalue weighted by molar-refractivity contribution is -0.128. The summed E-state index contributed by atoms with van der Waals surface area (Å²) in [5.74, 6) is 0.0798. The number of likely N-dealkylation sites (tertiary alicyclic amines) is 1. The molecule has 0 radical (unpaired) electrons. The largest absolute Gasteiger partial charge is 0.443 e. The fourth-order valence-electron chi connectivity index (χ4n) is 3.19. The highest BCUT2D eigenvalue weighted by atomic mass is 16.6. The highest BCUT2D eigenvalue weighted by Crippen LogP contribution is 2.47. The quantitative estimate of drug-likeness (QED) is 0.730. The topological polar surface area (TPSA) is 46.6 Å². The van der Waals surface area contributed by atoms with Crippen LogP contribution in [0.1, 0.15) is 44.4 Å². The lowest BCUT2D eigenvalue weighted by Crippen LogP contribution is -2.39. The molecule has 1 fully saturated rings. The van der Waals surface area contributed by atoms with E-state index in [2.05, 4.69) is 6.07 Å². The Hall–Kier alpha value is -1.84. The van der Waals surface area contributed by atoms with E-state index < -0.39 is 11.7 Å². The zero-order chi connectivity index (χ0) is 14.5. The van der Waals surface area contributed by atoms with E-state index >= 15 is 0 Å². The Bertz CT molecular complexity index is 573. The van der Waals surface area contributed by atoms with Gasteiger partial charge in [0.15, 0.2) is 0 Å². The normalized spacial score (nSPS) is 24.6. The zero-order valence-corrected chi connectivity index (χ0v) is 12.1. The predicted molar refractivity (Wildman–Crippen MR) is 74.1 cm³/mol. The van der Waals surface area contributed by atoms with Crippen molar-refractivity contribution in [1.82, 2.24) is 4.90 Å². The highest BCUT2D eigenvalue weighted by molar-refractivity contribution is 5.95. The van der Waals surface area contributed by atoms with Gasteiger partial charge in [0.25, 0.3) is 0 Å². The second-order valence-electron chi connectivity index (χ2n) is 6.56. The summed E-state index contributed by atoms with van der Waals surface area (Å²) in [5, 5.41) is 0. The van der Waals surface area contributed by atoms with Gasteiger partial charge in [0, 0.05) is 6.42 Å². The lowest BCUT2D eigenvalue weighted by atomic mass is 10.0. The predicted octanol–water partition coefficient (Wildman–Crippen LogP) is 3.07. The van der Waals surface area contributed by atoms with Crippen LogP contribution >= 0.6 is 0 Å². The van der Waals surface area contributed by atoms with Crippen molar-refractivity contribution in [3.8, 4) is 0 Å². The maximum atomic E-state index is 12.3. The van der Waals surface area contributed by atoms with Gasteiger partial charge in [0.05, 0.1) is 6.04 Å². The number of rotatable bonds is 0. The van der Waals surface area contributed by atoms with E-state index in [1.807, 2.05) is 39.0 Å². The van der Waals surface area contributed by atoms with Crippen LogP contribution in [-0.4, -0.2) is 22.5 Å². The zero-order valence-electron chi connectivity index (χ0n) is 12.1. The van der Waals surface area contributed by atoms with E-state index in [0.717, 1.165) is 12.0 Å². The monoisotopic (exact) mass is 273 g/mol. The van der Waals surface area contributed by atoms with Crippen LogP contribution in [0.25, 0.3) is 0 Å². The first kappa shape index (κ1) is 13.2. The third-order valence-electron chi connectivity index (χ3n) is 3.88. The molecule has 1 aliphatic carbocycles. The first-order valence-corrected chi connectivity index (χ1v) is 6.99. The number of imide groups is 1. The fraction of sp³-hybridized carbons (Fsp3) is 0.500. The molecule has 1 aromatic carbocycles. The average Bonchev–Trinajstić information content (AvgIpc) is 2.80. The molecule has 1 saturated heterocycles. The van der Waals surface area contributed by atoms with E-state index in [0.29, 0.717) is 6.42 Å². The maximum Gasteiger partial charge on any atom is 0.417 e. The number of benzene rings is 1. The Balaban J connectivity index is 1.92. The van der Waals surface area contributed by atoms with Crippen LogP contribution < -0.4 is 0 Å². The molecule has 2 atom stereocenters. The Labute approximate surface area is 118 Å². The van der Waals surface area contributed by atoms with Crippen LogP contribution in [0.4, 0.5) is 4.79 Å². The number of ether oxygens (including phenoxy) is 1. The number of fused-ring (bicyclic) bond motifs is 3. The van der Waals surface area contributed by atoms with Crippen molar-refractivity contribution >= 4 is 12.0 Å². The van der Waals surface area contributed by atoms with Gasteiger partial charge in [0.2, 0.25) is 5.91 Å². The van der Waals surface area contributed by atoms with E-state index in [9.17, 15) is 9.59 Å². The van der Waals surface area contributed by atoms with Gasteiger partial charge >= 0.3 is 6.09 Å². The maximum absolute atomic E-state index is 12.3. The molecular formula is C16H19NO3. The summed E-state index contributed by atoms with van der Waals surface area (Å²) in [4.78, 5) is 25.8. The van der Waals surface area contributed by atoms with Crippen molar-refractivity contribution in [2.45, 2.75) is 45.3 Å². The molecule has 2 amide bonds. The molecule has 2 unspecified atom stereocenters. The third-order valence-corrected chi connectivity index (χ3v) is 3.88. The average molecular weight is 273 g/mol. The molecule has 0 N–H and O–H groups in total. The van der Waals surface area contributed by atoms with E-state index in [1.165, 1.54) is 10.5 Å². The van der Waals surface area contributed by atoms with Crippen LogP contribution in [0.3, 0.4) is 0 Å². The van der Waals surface area contributed by atoms with Gasteiger partial charge in [-0.1, -0.05) is 24.3 Å². The second kappa shape index (κ2) is 4.33. The van der Waals surface area contributed by atoms with Gasteiger partial charge in [-0.2, -0.15) is 0 Å². The molecule has 106 valence electrons. The van der Waals surface area contributed by atoms with Crippen molar-refractivity contribution in [1.29, 1.82) is 0 Å². The SMILES string of the molecule is CC(C)(C)OC(=O)N1C(=O)CC2Cc3ccccc3C21. The number of carbonyl (C=O) groups is 2. The minimum absolute atomic E-state index is 0.122. The minimum Gasteiger partial charge on any atom is -0.443 e. The smallest absolute Gasteiger partial charge is 0.417 e. The molecule has 4 heteroatoms. The minimum atomic E-state index is -0.590. The molecule has 0 aromatic heterocycles. The van der Waals surface area contributed by atoms with Crippen molar-refractivity contribution < 1.29 is 14.3 Å². The molecule has 2 aliphatic rings. The summed E-state index contributed by atoms with van der Waals surface area (Å²) in [6.07, 6.45) is 0.775. The number of hydrogen-bond donors (Lipinski definition) is 0. The van der Waals surface area contributed by atoms with E-state index in [1.54, 1.807) is 0 Å². The molecule has 20 heavy (non-hydrogen) atoms. The van der Waals surface area contributed by atoms with Crippen molar-refractivity contribution in [2.24, 2.45) is 5.92 Å². The number of carbonyl (C=O) groups excluding carboxylic acids is 2. The molecule has 3 rings (SSSR count). The Morgan fingerprint density at radius 2 is 1.95 bits per heavy atom. The Kier molecular flexibility index (Phi) is 2.85. The summed E-state index contributed by atoms with van der Waals surface area (Å²) < 4.78 is 5.38. The van der Waals surface area contributed by atoms with E-state index in [-0.39, 0.29) is 17.9 Å². The van der Waals surface area contributed by atoms with Crippen LogP contribution in [0.2, 0.25) is 0 Å². The van der Waals surface area contributed by atoms with Crippen molar-refractivity contribution in [2.75, 3.05) is 0 Å². The number of hydrogen-bond acceptors (Lipinski definition) is 3. The van der Waals surface area contributed by atoms with Crippen molar-refractivity contribution in [3.05, 3.63) is 35.4 Å². The fourth-order valence-corrected chi connectivity index (χ4v) is 3.19. The van der Waals surface area contributed by atoms with Crippen LogP contribution in [0.5, 0.6) is 0 Å². The van der Waals surface area contributed by atoms with Crippen LogP contribution in [0.15, 0.2) is 24.3 Å². The molecule has 1 aromatic rings. The summed E-state index contributed by atoms with van der Waals surface area (Å²) in [5.41, 5.74) is 1.74. The second-order valence-corrected chi connectivity index (χ2v) is 6.56. The van der Waals surface area contributed by atoms with Crippen molar-refractivity contribution in [3.63, 3.8) is 0 Å². The molecule has 1 aliphatic heterocycles. The summed E-state index contributed by atoms with van der Waals surface area (Å²) in [7, 11) is 0. The number of amides is 2. The third kappa shape index (κ3) is 2.09. The lowest BCUT2D eigenvalue weighted by Gasteiger charge is -2.27. The molecule has 0 saturated carbocycles. The molecule has 4 nitrogen and oxygen atoms in total. The van der Waals surface area contributed by atoms with Gasteiger partial charge in [-0.3, -0.25) is 4.79 Å². The van der Waals surface area contributed by atoms with Gasteiger partial charge in [-0.15, -0.1) is 0 Å². The van der Waals surface area contributed by atoms with E-state index in [4.69, 9.17) is 4.74 Å². The summed E-state index contributed by atoms with van der Waals surface area (Å²) in [6.45, 7) is 5.43. The molecular weight excluding hydrogens is 254 g/mol.